The molecule has 0 aliphatic heterocycles. The minimum atomic E-state index is 0.511. The number of aromatic nitrogens is 2. The van der Waals surface area contributed by atoms with E-state index in [1.807, 2.05) is 53.3 Å². The van der Waals surface area contributed by atoms with Crippen LogP contribution in [-0.4, -0.2) is 21.5 Å². The van der Waals surface area contributed by atoms with Crippen LogP contribution in [0.4, 0.5) is 11.4 Å². The Labute approximate surface area is 166 Å². The van der Waals surface area contributed by atoms with Gasteiger partial charge in [-0.25, -0.2) is 0 Å². The second kappa shape index (κ2) is 9.47. The van der Waals surface area contributed by atoms with Crippen LogP contribution in [0.5, 0.6) is 0 Å². The predicted octanol–water partition coefficient (Wildman–Crippen LogP) is 4.67. The van der Waals surface area contributed by atoms with E-state index in [4.69, 9.17) is 17.0 Å². The third-order valence-corrected chi connectivity index (χ3v) is 4.49. The van der Waals surface area contributed by atoms with E-state index in [0.29, 0.717) is 24.9 Å². The average molecular weight is 431 g/mol. The third kappa shape index (κ3) is 5.66. The van der Waals surface area contributed by atoms with Gasteiger partial charge in [0.15, 0.2) is 5.11 Å². The molecule has 3 rings (SSSR count). The van der Waals surface area contributed by atoms with Gasteiger partial charge in [0.1, 0.15) is 0 Å². The number of ether oxygens (including phenoxy) is 1. The highest BCUT2D eigenvalue weighted by atomic mass is 79.9. The zero-order valence-corrected chi connectivity index (χ0v) is 16.5. The van der Waals surface area contributed by atoms with Crippen molar-refractivity contribution in [2.45, 2.75) is 13.2 Å². The van der Waals surface area contributed by atoms with Crippen molar-refractivity contribution in [3.63, 3.8) is 0 Å². The standard InChI is InChI=1S/C19H19BrN4OS/c20-17-8-4-5-9-18(17)23-19(26)22-16-12-21-24(13-16)10-11-25-14-15-6-2-1-3-7-15/h1-9,12-13H,10-11,14H2,(H2,22,23,26). The molecule has 0 amide bonds. The van der Waals surface area contributed by atoms with Crippen LogP contribution in [0.3, 0.4) is 0 Å². The Balaban J connectivity index is 1.42. The number of nitrogens with zero attached hydrogens (tertiary/aromatic N) is 2. The zero-order valence-electron chi connectivity index (χ0n) is 14.1. The summed E-state index contributed by atoms with van der Waals surface area (Å²) >= 11 is 8.83. The molecule has 0 radical (unpaired) electrons. The quantitative estimate of drug-likeness (QED) is 0.421. The summed E-state index contributed by atoms with van der Waals surface area (Å²) < 4.78 is 8.46. The van der Waals surface area contributed by atoms with Gasteiger partial charge in [0.25, 0.3) is 0 Å². The highest BCUT2D eigenvalue weighted by molar-refractivity contribution is 9.10. The molecule has 1 aromatic heterocycles. The molecule has 0 saturated heterocycles. The smallest absolute Gasteiger partial charge is 0.175 e. The maximum Gasteiger partial charge on any atom is 0.175 e. The Bertz CT molecular complexity index is 854. The molecule has 0 bridgehead atoms. The minimum absolute atomic E-state index is 0.511. The number of hydrogen-bond donors (Lipinski definition) is 2. The van der Waals surface area contributed by atoms with Crippen LogP contribution >= 0.6 is 28.1 Å². The summed E-state index contributed by atoms with van der Waals surface area (Å²) in [6.45, 7) is 1.88. The van der Waals surface area contributed by atoms with Gasteiger partial charge in [-0.05, 0) is 45.8 Å². The van der Waals surface area contributed by atoms with Gasteiger partial charge in [0.05, 0.1) is 37.3 Å². The van der Waals surface area contributed by atoms with Crippen molar-refractivity contribution in [3.05, 3.63) is 77.0 Å². The van der Waals surface area contributed by atoms with Gasteiger partial charge in [-0.2, -0.15) is 5.10 Å². The lowest BCUT2D eigenvalue weighted by molar-refractivity contribution is 0.111. The molecule has 0 unspecified atom stereocenters. The van der Waals surface area contributed by atoms with Crippen LogP contribution in [0.2, 0.25) is 0 Å². The Hall–Kier alpha value is -2.22. The van der Waals surface area contributed by atoms with Crippen LogP contribution in [0.25, 0.3) is 0 Å². The fourth-order valence-electron chi connectivity index (χ4n) is 2.32. The van der Waals surface area contributed by atoms with Gasteiger partial charge in [-0.1, -0.05) is 42.5 Å². The molecule has 0 aliphatic carbocycles. The van der Waals surface area contributed by atoms with Gasteiger partial charge in [-0.3, -0.25) is 4.68 Å². The third-order valence-electron chi connectivity index (χ3n) is 3.59. The number of nitrogens with one attached hydrogen (secondary N) is 2. The first-order valence-corrected chi connectivity index (χ1v) is 9.37. The van der Waals surface area contributed by atoms with E-state index < -0.39 is 0 Å². The van der Waals surface area contributed by atoms with E-state index in [1.54, 1.807) is 6.20 Å². The average Bonchev–Trinajstić information content (AvgIpc) is 3.09. The van der Waals surface area contributed by atoms with Crippen LogP contribution in [0, 0.1) is 0 Å². The first-order chi connectivity index (χ1) is 12.7. The van der Waals surface area contributed by atoms with Crippen molar-refractivity contribution >= 4 is 44.6 Å². The van der Waals surface area contributed by atoms with E-state index >= 15 is 0 Å². The number of para-hydroxylation sites is 1. The van der Waals surface area contributed by atoms with Gasteiger partial charge in [0.2, 0.25) is 0 Å². The molecule has 0 aliphatic rings. The van der Waals surface area contributed by atoms with Crippen LogP contribution in [-0.2, 0) is 17.9 Å². The van der Waals surface area contributed by atoms with Crippen molar-refractivity contribution in [2.24, 2.45) is 0 Å². The first kappa shape index (κ1) is 18.6. The topological polar surface area (TPSA) is 51.1 Å². The summed E-state index contributed by atoms with van der Waals surface area (Å²) in [5, 5.41) is 11.1. The lowest BCUT2D eigenvalue weighted by atomic mass is 10.2. The second-order valence-corrected chi connectivity index (χ2v) is 6.85. The van der Waals surface area contributed by atoms with Gasteiger partial charge in [0, 0.05) is 10.7 Å². The molecule has 2 N–H and O–H groups in total. The van der Waals surface area contributed by atoms with E-state index in [2.05, 4.69) is 43.8 Å². The van der Waals surface area contributed by atoms with E-state index in [0.717, 1.165) is 15.8 Å². The molecule has 0 saturated carbocycles. The SMILES string of the molecule is S=C(Nc1cnn(CCOCc2ccccc2)c1)Nc1ccccc1Br. The van der Waals surface area contributed by atoms with E-state index in [9.17, 15) is 0 Å². The zero-order chi connectivity index (χ0) is 18.2. The van der Waals surface area contributed by atoms with Crippen molar-refractivity contribution in [3.8, 4) is 0 Å². The molecule has 3 aromatic rings. The molecule has 0 atom stereocenters. The Kier molecular flexibility index (Phi) is 6.76. The highest BCUT2D eigenvalue weighted by Gasteiger charge is 2.04. The van der Waals surface area contributed by atoms with Crippen LogP contribution < -0.4 is 10.6 Å². The summed E-state index contributed by atoms with van der Waals surface area (Å²) in [7, 11) is 0. The first-order valence-electron chi connectivity index (χ1n) is 8.17. The Morgan fingerprint density at radius 2 is 1.85 bits per heavy atom. The van der Waals surface area contributed by atoms with Crippen LogP contribution in [0.15, 0.2) is 71.5 Å². The van der Waals surface area contributed by atoms with E-state index in [-0.39, 0.29) is 0 Å². The molecule has 134 valence electrons. The normalized spacial score (nSPS) is 10.5. The lowest BCUT2D eigenvalue weighted by Gasteiger charge is -2.10. The number of halogens is 1. The molecule has 7 heteroatoms. The fraction of sp³-hybridized carbons (Fsp3) is 0.158. The minimum Gasteiger partial charge on any atom is -0.375 e. The predicted molar refractivity (Wildman–Crippen MR) is 112 cm³/mol. The molecule has 26 heavy (non-hydrogen) atoms. The molecule has 1 heterocycles. The maximum atomic E-state index is 5.68. The number of benzene rings is 2. The van der Waals surface area contributed by atoms with Gasteiger partial charge < -0.3 is 15.4 Å². The largest absolute Gasteiger partial charge is 0.375 e. The summed E-state index contributed by atoms with van der Waals surface area (Å²) in [4.78, 5) is 0. The van der Waals surface area contributed by atoms with Gasteiger partial charge >= 0.3 is 0 Å². The maximum absolute atomic E-state index is 5.68. The summed E-state index contributed by atoms with van der Waals surface area (Å²) in [6, 6.07) is 17.9. The Morgan fingerprint density at radius 3 is 2.65 bits per heavy atom. The molecule has 0 spiro atoms. The Morgan fingerprint density at radius 1 is 1.08 bits per heavy atom. The lowest BCUT2D eigenvalue weighted by Crippen LogP contribution is -2.19. The van der Waals surface area contributed by atoms with Crippen molar-refractivity contribution in [1.29, 1.82) is 0 Å². The molecule has 2 aromatic carbocycles. The van der Waals surface area contributed by atoms with Crippen molar-refractivity contribution < 1.29 is 4.74 Å². The molecule has 5 nitrogen and oxygen atoms in total. The fourth-order valence-corrected chi connectivity index (χ4v) is 2.93. The number of hydrogen-bond acceptors (Lipinski definition) is 3. The molecular weight excluding hydrogens is 412 g/mol. The van der Waals surface area contributed by atoms with Crippen molar-refractivity contribution in [2.75, 3.05) is 17.2 Å². The molecule has 0 fully saturated rings. The van der Waals surface area contributed by atoms with Crippen molar-refractivity contribution in [1.82, 2.24) is 9.78 Å². The van der Waals surface area contributed by atoms with Gasteiger partial charge in [-0.15, -0.1) is 0 Å². The van der Waals surface area contributed by atoms with E-state index in [1.165, 1.54) is 5.56 Å². The summed E-state index contributed by atoms with van der Waals surface area (Å²) in [5.41, 5.74) is 2.91. The second-order valence-electron chi connectivity index (χ2n) is 5.59. The molecular formula is C19H19BrN4OS. The number of thiocarbonyl (C=S) groups is 1. The summed E-state index contributed by atoms with van der Waals surface area (Å²) in [5.74, 6) is 0. The number of anilines is 2. The highest BCUT2D eigenvalue weighted by Crippen LogP contribution is 2.21. The number of rotatable bonds is 7. The summed E-state index contributed by atoms with van der Waals surface area (Å²) in [6.07, 6.45) is 3.64. The van der Waals surface area contributed by atoms with Crippen LogP contribution in [0.1, 0.15) is 5.56 Å². The monoisotopic (exact) mass is 430 g/mol.